The predicted molar refractivity (Wildman–Crippen MR) is 117 cm³/mol. The molecule has 5 nitrogen and oxygen atoms in total. The number of ketones is 1. The minimum atomic E-state index is -0.441. The highest BCUT2D eigenvalue weighted by Gasteiger charge is 2.19. The van der Waals surface area contributed by atoms with Crippen molar-refractivity contribution in [1.29, 1.82) is 0 Å². The predicted octanol–water partition coefficient (Wildman–Crippen LogP) is 6.01. The van der Waals surface area contributed by atoms with Crippen molar-refractivity contribution in [3.63, 3.8) is 0 Å². The van der Waals surface area contributed by atoms with Crippen LogP contribution in [0.4, 0.5) is 0 Å². The summed E-state index contributed by atoms with van der Waals surface area (Å²) in [5.74, 6) is 0.261. The van der Waals surface area contributed by atoms with Crippen LogP contribution in [0, 0.1) is 6.92 Å². The lowest BCUT2D eigenvalue weighted by atomic mass is 10.0. The summed E-state index contributed by atoms with van der Waals surface area (Å²) in [6.07, 6.45) is 1.83. The van der Waals surface area contributed by atoms with Crippen molar-refractivity contribution in [2.24, 2.45) is 0 Å². The quantitative estimate of drug-likeness (QED) is 0.483. The first-order chi connectivity index (χ1) is 13.6. The lowest BCUT2D eigenvalue weighted by molar-refractivity contribution is 0.0519. The van der Waals surface area contributed by atoms with Crippen LogP contribution in [-0.4, -0.2) is 30.5 Å². The number of H-pyrrole nitrogens is 1. The lowest BCUT2D eigenvalue weighted by Gasteiger charge is -2.04. The normalized spacial score (nSPS) is 8.75. The molecule has 0 spiro atoms. The van der Waals surface area contributed by atoms with E-state index in [0.29, 0.717) is 23.4 Å². The van der Waals surface area contributed by atoms with E-state index in [9.17, 15) is 9.59 Å². The van der Waals surface area contributed by atoms with Gasteiger partial charge in [-0.1, -0.05) is 53.7 Å². The molecule has 1 aromatic carbocycles. The third kappa shape index (κ3) is 8.42. The van der Waals surface area contributed by atoms with Gasteiger partial charge in [0.2, 0.25) is 0 Å². The highest BCUT2D eigenvalue weighted by Crippen LogP contribution is 2.18. The highest BCUT2D eigenvalue weighted by atomic mass is 16.5. The van der Waals surface area contributed by atoms with E-state index in [4.69, 9.17) is 9.47 Å². The average Bonchev–Trinajstić information content (AvgIpc) is 3.15. The minimum Gasteiger partial charge on any atom is -0.497 e. The smallest absolute Gasteiger partial charge is 0.355 e. The van der Waals surface area contributed by atoms with Gasteiger partial charge in [-0.05, 0) is 37.1 Å². The first kappa shape index (κ1) is 27.7. The van der Waals surface area contributed by atoms with Gasteiger partial charge in [0, 0.05) is 18.2 Å². The second kappa shape index (κ2) is 16.6. The van der Waals surface area contributed by atoms with Crippen molar-refractivity contribution < 1.29 is 19.1 Å². The molecule has 0 unspecified atom stereocenters. The third-order valence-corrected chi connectivity index (χ3v) is 3.44. The average molecular weight is 392 g/mol. The van der Waals surface area contributed by atoms with E-state index in [1.165, 1.54) is 0 Å². The molecule has 0 aliphatic heterocycles. The third-order valence-electron chi connectivity index (χ3n) is 3.44. The maximum atomic E-state index is 12.4. The fourth-order valence-corrected chi connectivity index (χ4v) is 2.22. The van der Waals surface area contributed by atoms with Crippen molar-refractivity contribution in [2.75, 3.05) is 13.7 Å². The zero-order valence-electron chi connectivity index (χ0n) is 18.9. The number of Topliss-reactive ketones (excluding diaryl/α,β-unsaturated/α-hetero) is 1. The number of benzene rings is 1. The first-order valence-electron chi connectivity index (χ1n) is 10.1. The molecule has 0 aliphatic rings. The molecule has 0 amide bonds. The van der Waals surface area contributed by atoms with Crippen LogP contribution >= 0.6 is 0 Å². The molecule has 1 aromatic heterocycles. The van der Waals surface area contributed by atoms with Crippen LogP contribution in [0.3, 0.4) is 0 Å². The Hall–Kier alpha value is -2.56. The molecule has 0 saturated carbocycles. The Morgan fingerprint density at radius 3 is 1.96 bits per heavy atom. The lowest BCUT2D eigenvalue weighted by Crippen LogP contribution is -2.08. The molecule has 1 heterocycles. The molecule has 158 valence electrons. The van der Waals surface area contributed by atoms with E-state index in [1.54, 1.807) is 27.2 Å². The van der Waals surface area contributed by atoms with Gasteiger partial charge in [-0.3, -0.25) is 4.79 Å². The Balaban J connectivity index is 0. The minimum absolute atomic E-state index is 0.0468. The first-order valence-corrected chi connectivity index (χ1v) is 10.1. The summed E-state index contributed by atoms with van der Waals surface area (Å²) in [7, 11) is 1.60. The SMILES string of the molecule is CC.CC.CC.CCOC(=O)c1[nH]cc(C(=O)Cc2ccc(OC)cc2)c1C. The fraction of sp³-hybridized carbons (Fsp3) is 0.478. The van der Waals surface area contributed by atoms with Gasteiger partial charge in [0.25, 0.3) is 0 Å². The number of nitrogens with one attached hydrogen (secondary N) is 1. The van der Waals surface area contributed by atoms with E-state index in [1.807, 2.05) is 65.8 Å². The van der Waals surface area contributed by atoms with Gasteiger partial charge in [0.05, 0.1) is 13.7 Å². The number of rotatable bonds is 6. The Morgan fingerprint density at radius 1 is 0.964 bits per heavy atom. The Kier molecular flexibility index (Phi) is 16.4. The van der Waals surface area contributed by atoms with Crippen LogP contribution in [0.1, 0.15) is 80.4 Å². The molecular formula is C23H37NO4. The van der Waals surface area contributed by atoms with Crippen LogP contribution in [0.5, 0.6) is 5.75 Å². The maximum Gasteiger partial charge on any atom is 0.355 e. The summed E-state index contributed by atoms with van der Waals surface area (Å²) in [6.45, 7) is 15.8. The molecule has 28 heavy (non-hydrogen) atoms. The molecule has 0 radical (unpaired) electrons. The number of ether oxygens (including phenoxy) is 2. The molecule has 0 fully saturated rings. The number of hydrogen-bond donors (Lipinski definition) is 1. The zero-order chi connectivity index (χ0) is 22.1. The van der Waals surface area contributed by atoms with Crippen molar-refractivity contribution in [3.8, 4) is 5.75 Å². The number of carbonyl (C=O) groups is 2. The maximum absolute atomic E-state index is 12.4. The second-order valence-corrected chi connectivity index (χ2v) is 4.87. The van der Waals surface area contributed by atoms with Crippen LogP contribution in [0.15, 0.2) is 30.5 Å². The van der Waals surface area contributed by atoms with E-state index in [0.717, 1.165) is 11.3 Å². The van der Waals surface area contributed by atoms with E-state index in [2.05, 4.69) is 4.98 Å². The van der Waals surface area contributed by atoms with Crippen molar-refractivity contribution in [3.05, 3.63) is 52.8 Å². The summed E-state index contributed by atoms with van der Waals surface area (Å²) >= 11 is 0. The number of aromatic amines is 1. The molecule has 0 atom stereocenters. The number of carbonyl (C=O) groups excluding carboxylic acids is 2. The van der Waals surface area contributed by atoms with E-state index < -0.39 is 5.97 Å². The van der Waals surface area contributed by atoms with Gasteiger partial charge in [-0.15, -0.1) is 0 Å². The molecule has 0 saturated heterocycles. The summed E-state index contributed by atoms with van der Waals surface area (Å²) in [6, 6.07) is 7.34. The van der Waals surface area contributed by atoms with Crippen LogP contribution in [0.2, 0.25) is 0 Å². The second-order valence-electron chi connectivity index (χ2n) is 4.87. The van der Waals surface area contributed by atoms with Crippen LogP contribution in [0.25, 0.3) is 0 Å². The number of esters is 1. The number of aromatic nitrogens is 1. The zero-order valence-corrected chi connectivity index (χ0v) is 18.9. The van der Waals surface area contributed by atoms with Crippen molar-refractivity contribution >= 4 is 11.8 Å². The van der Waals surface area contributed by atoms with Gasteiger partial charge < -0.3 is 14.5 Å². The number of hydrogen-bond acceptors (Lipinski definition) is 4. The summed E-state index contributed by atoms with van der Waals surface area (Å²) in [4.78, 5) is 27.0. The van der Waals surface area contributed by atoms with Gasteiger partial charge >= 0.3 is 5.97 Å². The Labute approximate surface area is 170 Å². The summed E-state index contributed by atoms with van der Waals surface area (Å²) < 4.78 is 10.0. The van der Waals surface area contributed by atoms with Crippen molar-refractivity contribution in [2.45, 2.75) is 61.8 Å². The summed E-state index contributed by atoms with van der Waals surface area (Å²) in [5, 5.41) is 0. The largest absolute Gasteiger partial charge is 0.497 e. The van der Waals surface area contributed by atoms with Gasteiger partial charge in [0.15, 0.2) is 5.78 Å². The standard InChI is InChI=1S/C17H19NO4.3C2H6/c1-4-22-17(20)16-11(2)14(10-18-16)15(19)9-12-5-7-13(21-3)8-6-12;3*1-2/h5-8,10,18H,4,9H2,1-3H3;3*1-2H3. The highest BCUT2D eigenvalue weighted by molar-refractivity contribution is 6.02. The molecule has 1 N–H and O–H groups in total. The van der Waals surface area contributed by atoms with Crippen LogP contribution in [-0.2, 0) is 11.2 Å². The Bertz CT molecular complexity index is 672. The molecular weight excluding hydrogens is 354 g/mol. The Morgan fingerprint density at radius 2 is 1.50 bits per heavy atom. The van der Waals surface area contributed by atoms with Crippen LogP contribution < -0.4 is 4.74 Å². The van der Waals surface area contributed by atoms with E-state index in [-0.39, 0.29) is 12.2 Å². The summed E-state index contributed by atoms with van der Waals surface area (Å²) in [5.41, 5.74) is 2.36. The van der Waals surface area contributed by atoms with Gasteiger partial charge in [-0.2, -0.15) is 0 Å². The molecule has 0 aliphatic carbocycles. The topological polar surface area (TPSA) is 68.4 Å². The van der Waals surface area contributed by atoms with Crippen molar-refractivity contribution in [1.82, 2.24) is 4.98 Å². The van der Waals surface area contributed by atoms with E-state index >= 15 is 0 Å². The molecule has 2 aromatic rings. The number of methoxy groups -OCH3 is 1. The van der Waals surface area contributed by atoms with Gasteiger partial charge in [-0.25, -0.2) is 4.79 Å². The molecule has 2 rings (SSSR count). The fourth-order valence-electron chi connectivity index (χ4n) is 2.22. The van der Waals surface area contributed by atoms with Gasteiger partial charge in [0.1, 0.15) is 11.4 Å². The monoisotopic (exact) mass is 391 g/mol. The molecule has 5 heteroatoms. The molecule has 0 bridgehead atoms.